The van der Waals surface area contributed by atoms with Gasteiger partial charge in [-0.15, -0.1) is 0 Å². The maximum absolute atomic E-state index is 16.7. The number of hydrogen-bond donors (Lipinski definition) is 4. The minimum Gasteiger partial charge on any atom is -0.396 e. The van der Waals surface area contributed by atoms with Gasteiger partial charge in [0.15, 0.2) is 17.9 Å². The molecule has 5 N–H and O–H groups in total. The summed E-state index contributed by atoms with van der Waals surface area (Å²) in [6, 6.07) is 40.2. The SMILES string of the molecule is CCOC(OCC)c1cc(NC(c2ccccc2)(c2ccccc2)c2ccccc2)c(F)c(-c2ccc(C)nc2)n1.Cc1ccc(-c2nc(C=O)cc(N)c2F)cn1.O=S(=O)(O)O. The highest BCUT2D eigenvalue weighted by Gasteiger charge is 2.38. The number of nitrogen functional groups attached to an aromatic ring is 1. The zero-order chi connectivity index (χ0) is 45.6. The van der Waals surface area contributed by atoms with Crippen molar-refractivity contribution in [2.75, 3.05) is 24.3 Å². The Morgan fingerprint density at radius 1 is 0.698 bits per heavy atom. The van der Waals surface area contributed by atoms with Crippen molar-refractivity contribution in [3.8, 4) is 22.5 Å². The summed E-state index contributed by atoms with van der Waals surface area (Å²) in [5.41, 5.74) is 11.1. The van der Waals surface area contributed by atoms with E-state index < -0.39 is 33.9 Å². The number of benzene rings is 3. The van der Waals surface area contributed by atoms with Gasteiger partial charge in [0.25, 0.3) is 0 Å². The third kappa shape index (κ3) is 12.4. The van der Waals surface area contributed by atoms with Gasteiger partial charge in [-0.05, 0) is 80.8 Å². The maximum Gasteiger partial charge on any atom is 0.394 e. The van der Waals surface area contributed by atoms with Crippen molar-refractivity contribution in [3.05, 3.63) is 191 Å². The highest BCUT2D eigenvalue weighted by Crippen LogP contribution is 2.42. The monoisotopic (exact) mass is 876 g/mol. The van der Waals surface area contributed by atoms with Gasteiger partial charge in [0.2, 0.25) is 6.29 Å². The van der Waals surface area contributed by atoms with E-state index in [1.807, 2.05) is 94.4 Å². The molecular formula is C47H46F2N6O7S. The largest absolute Gasteiger partial charge is 0.396 e. The van der Waals surface area contributed by atoms with Crippen molar-refractivity contribution in [2.24, 2.45) is 0 Å². The second kappa shape index (κ2) is 21.8. The average molecular weight is 877 g/mol. The molecule has 16 heteroatoms. The fourth-order valence-electron chi connectivity index (χ4n) is 6.49. The van der Waals surface area contributed by atoms with Gasteiger partial charge in [-0.1, -0.05) is 91.0 Å². The first kappa shape index (κ1) is 47.2. The highest BCUT2D eigenvalue weighted by molar-refractivity contribution is 7.79. The minimum atomic E-state index is -4.67. The highest BCUT2D eigenvalue weighted by atomic mass is 32.3. The van der Waals surface area contributed by atoms with Crippen LogP contribution in [-0.2, 0) is 25.4 Å². The average Bonchev–Trinajstić information content (AvgIpc) is 3.28. The summed E-state index contributed by atoms with van der Waals surface area (Å²) in [6.45, 7) is 8.33. The Balaban J connectivity index is 0.000000280. The van der Waals surface area contributed by atoms with E-state index in [1.165, 1.54) is 12.3 Å². The van der Waals surface area contributed by atoms with Crippen molar-refractivity contribution >= 4 is 28.1 Å². The zero-order valence-corrected chi connectivity index (χ0v) is 35.6. The van der Waals surface area contributed by atoms with Crippen LogP contribution in [0.4, 0.5) is 20.2 Å². The Morgan fingerprint density at radius 3 is 1.51 bits per heavy atom. The molecule has 4 heterocycles. The topological polar surface area (TPSA) is 200 Å². The van der Waals surface area contributed by atoms with Crippen LogP contribution in [0.1, 0.15) is 64.4 Å². The first-order chi connectivity index (χ1) is 30.2. The Kier molecular flexibility index (Phi) is 16.4. The Morgan fingerprint density at radius 2 is 1.13 bits per heavy atom. The normalized spacial score (nSPS) is 11.2. The van der Waals surface area contributed by atoms with Gasteiger partial charge < -0.3 is 20.5 Å². The summed E-state index contributed by atoms with van der Waals surface area (Å²) in [6.07, 6.45) is 2.90. The molecule has 4 aromatic heterocycles. The van der Waals surface area contributed by atoms with Gasteiger partial charge in [0.05, 0.1) is 17.1 Å². The number of pyridine rings is 4. The molecule has 0 unspecified atom stereocenters. The summed E-state index contributed by atoms with van der Waals surface area (Å²) in [4.78, 5) is 27.7. The molecule has 7 aromatic rings. The van der Waals surface area contributed by atoms with Crippen molar-refractivity contribution in [3.63, 3.8) is 0 Å². The number of carbonyl (C=O) groups excluding carboxylic acids is 1. The molecule has 3 aromatic carbocycles. The fourth-order valence-corrected chi connectivity index (χ4v) is 6.49. The standard InChI is InChI=1S/C35H34FN3O2.C12H10FN3O.H2O4S/c1-4-40-34(41-5-2)31-23-30(32(36)33(38-31)26-22-21-25(3)37-24-26)39-35(27-15-9-6-10-16-27,28-17-11-7-12-18-28)29-19-13-8-14-20-29;1-7-2-3-8(5-15-7)12-11(13)10(14)4-9(6-17)16-12;1-5(2,3)4/h6-24,34H,4-5H2,1-3H3,(H,38,39);2-6H,1H3,(H2,14,16);(H2,1,2,3,4). The van der Waals surface area contributed by atoms with Gasteiger partial charge in [0.1, 0.15) is 22.6 Å². The summed E-state index contributed by atoms with van der Waals surface area (Å²) in [7, 11) is -4.67. The van der Waals surface area contributed by atoms with Crippen molar-refractivity contribution in [2.45, 2.75) is 39.5 Å². The smallest absolute Gasteiger partial charge is 0.394 e. The van der Waals surface area contributed by atoms with Crippen LogP contribution in [0.5, 0.6) is 0 Å². The number of aryl methyl sites for hydroxylation is 2. The summed E-state index contributed by atoms with van der Waals surface area (Å²) >= 11 is 0. The molecule has 0 aliphatic carbocycles. The van der Waals surface area contributed by atoms with E-state index in [0.717, 1.165) is 28.1 Å². The predicted octanol–water partition coefficient (Wildman–Crippen LogP) is 9.40. The number of nitrogens with two attached hydrogens (primary N) is 1. The first-order valence-corrected chi connectivity index (χ1v) is 20.9. The summed E-state index contributed by atoms with van der Waals surface area (Å²) in [5.74, 6) is -1.13. The molecule has 0 radical (unpaired) electrons. The van der Waals surface area contributed by atoms with Crippen LogP contribution in [0.2, 0.25) is 0 Å². The van der Waals surface area contributed by atoms with E-state index in [-0.39, 0.29) is 28.5 Å². The number of halogens is 2. The van der Waals surface area contributed by atoms with Crippen molar-refractivity contribution in [1.29, 1.82) is 0 Å². The molecule has 0 aliphatic heterocycles. The van der Waals surface area contributed by atoms with Crippen LogP contribution < -0.4 is 11.1 Å². The summed E-state index contributed by atoms with van der Waals surface area (Å²) < 4.78 is 73.9. The van der Waals surface area contributed by atoms with Gasteiger partial charge in [0, 0.05) is 48.1 Å². The van der Waals surface area contributed by atoms with E-state index in [1.54, 1.807) is 24.4 Å². The van der Waals surface area contributed by atoms with Gasteiger partial charge in [-0.2, -0.15) is 8.42 Å². The number of ether oxygens (including phenoxy) is 2. The minimum absolute atomic E-state index is 0.0413. The number of anilines is 2. The number of rotatable bonds is 13. The van der Waals surface area contributed by atoms with Crippen LogP contribution >= 0.6 is 0 Å². The molecular weight excluding hydrogens is 831 g/mol. The Bertz CT molecular complexity index is 2570. The number of aldehydes is 1. The van der Waals surface area contributed by atoms with Crippen LogP contribution in [0, 0.1) is 25.5 Å². The fraction of sp³-hybridized carbons (Fsp3) is 0.170. The Labute approximate surface area is 364 Å². The maximum atomic E-state index is 16.7. The third-order valence-electron chi connectivity index (χ3n) is 9.29. The van der Waals surface area contributed by atoms with E-state index in [9.17, 15) is 9.18 Å². The van der Waals surface area contributed by atoms with Crippen LogP contribution in [-0.4, -0.2) is 57.0 Å². The van der Waals surface area contributed by atoms with Crippen LogP contribution in [0.3, 0.4) is 0 Å². The molecule has 0 atom stereocenters. The number of nitrogens with zero attached hydrogens (tertiary/aromatic N) is 4. The molecule has 0 bridgehead atoms. The second-order valence-electron chi connectivity index (χ2n) is 13.7. The van der Waals surface area contributed by atoms with E-state index in [0.29, 0.717) is 36.3 Å². The second-order valence-corrected chi connectivity index (χ2v) is 14.6. The van der Waals surface area contributed by atoms with E-state index in [4.69, 9.17) is 37.7 Å². The summed E-state index contributed by atoms with van der Waals surface area (Å²) in [5, 5.41) is 3.66. The molecule has 0 saturated carbocycles. The van der Waals surface area contributed by atoms with Crippen LogP contribution in [0.25, 0.3) is 22.5 Å². The number of nitrogens with one attached hydrogen (secondary N) is 1. The lowest BCUT2D eigenvalue weighted by molar-refractivity contribution is -0.142. The number of hydrogen-bond acceptors (Lipinski definition) is 11. The van der Waals surface area contributed by atoms with Crippen LogP contribution in [0.15, 0.2) is 140 Å². The molecule has 63 heavy (non-hydrogen) atoms. The predicted molar refractivity (Wildman–Crippen MR) is 237 cm³/mol. The van der Waals surface area contributed by atoms with E-state index in [2.05, 4.69) is 56.7 Å². The number of carbonyl (C=O) groups is 1. The lowest BCUT2D eigenvalue weighted by Crippen LogP contribution is -2.38. The van der Waals surface area contributed by atoms with Gasteiger partial charge in [-0.3, -0.25) is 23.9 Å². The molecule has 326 valence electrons. The van der Waals surface area contributed by atoms with Gasteiger partial charge >= 0.3 is 10.4 Å². The van der Waals surface area contributed by atoms with E-state index >= 15 is 4.39 Å². The molecule has 7 rings (SSSR count). The lowest BCUT2D eigenvalue weighted by Gasteiger charge is -2.38. The molecule has 13 nitrogen and oxygen atoms in total. The lowest BCUT2D eigenvalue weighted by atomic mass is 9.76. The first-order valence-electron chi connectivity index (χ1n) is 19.5. The van der Waals surface area contributed by atoms with Gasteiger partial charge in [-0.25, -0.2) is 18.7 Å². The molecule has 0 aliphatic rings. The zero-order valence-electron chi connectivity index (χ0n) is 34.8. The molecule has 0 saturated heterocycles. The number of aromatic nitrogens is 4. The molecule has 0 amide bonds. The molecule has 0 spiro atoms. The van der Waals surface area contributed by atoms with Crippen molar-refractivity contribution < 1.29 is 40.6 Å². The molecule has 0 fully saturated rings. The third-order valence-corrected chi connectivity index (χ3v) is 9.29. The van der Waals surface area contributed by atoms with Crippen molar-refractivity contribution in [1.82, 2.24) is 19.9 Å². The Hall–Kier alpha value is -6.82. The quantitative estimate of drug-likeness (QED) is 0.0370.